The molecule has 4 heteroatoms. The first kappa shape index (κ1) is 15.3. The Balaban J connectivity index is 2.03. The third kappa shape index (κ3) is 3.93. The Morgan fingerprint density at radius 3 is 2.62 bits per heavy atom. The van der Waals surface area contributed by atoms with Crippen molar-refractivity contribution in [2.24, 2.45) is 0 Å². The Hall–Kier alpha value is -2.12. The summed E-state index contributed by atoms with van der Waals surface area (Å²) >= 11 is 0. The maximum atomic E-state index is 9.29. The normalized spacial score (nSPS) is 11.4. The maximum Gasteiger partial charge on any atom is 0.117 e. The molecule has 2 aromatic rings. The molecule has 0 fully saturated rings. The van der Waals surface area contributed by atoms with Gasteiger partial charge in [0.2, 0.25) is 0 Å². The van der Waals surface area contributed by atoms with Crippen LogP contribution in [0.25, 0.3) is 0 Å². The fourth-order valence-corrected chi connectivity index (χ4v) is 2.20. The topological polar surface area (TPSA) is 61.9 Å². The number of hydrogen-bond donors (Lipinski definition) is 1. The third-order valence-corrected chi connectivity index (χ3v) is 3.20. The molecule has 1 N–H and O–H groups in total. The molecule has 0 bridgehead atoms. The van der Waals surface area contributed by atoms with Gasteiger partial charge in [-0.3, -0.25) is 4.98 Å². The highest BCUT2D eigenvalue weighted by Gasteiger charge is 2.19. The van der Waals surface area contributed by atoms with E-state index in [0.717, 1.165) is 22.8 Å². The van der Waals surface area contributed by atoms with E-state index < -0.39 is 0 Å². The molecular formula is C17H21N3O. The lowest BCUT2D eigenvalue weighted by atomic mass is 9.88. The lowest BCUT2D eigenvalue weighted by Gasteiger charge is -2.19. The Labute approximate surface area is 125 Å². The van der Waals surface area contributed by atoms with E-state index >= 15 is 0 Å². The molecule has 0 radical (unpaired) electrons. The molecule has 110 valence electrons. The molecule has 0 aromatic carbocycles. The van der Waals surface area contributed by atoms with Crippen molar-refractivity contribution in [3.63, 3.8) is 0 Å². The quantitative estimate of drug-likeness (QED) is 0.933. The van der Waals surface area contributed by atoms with Gasteiger partial charge >= 0.3 is 0 Å². The van der Waals surface area contributed by atoms with Crippen molar-refractivity contribution < 1.29 is 4.42 Å². The molecule has 0 spiro atoms. The van der Waals surface area contributed by atoms with Gasteiger partial charge in [0.25, 0.3) is 0 Å². The SMILES string of the molecule is Cc1ccc(CNCc2cnc(C(C)(C)C)c(C#N)c2)o1. The Kier molecular flexibility index (Phi) is 4.44. The summed E-state index contributed by atoms with van der Waals surface area (Å²) in [5, 5.41) is 12.6. The van der Waals surface area contributed by atoms with Crippen LogP contribution in [-0.2, 0) is 18.5 Å². The third-order valence-electron chi connectivity index (χ3n) is 3.20. The van der Waals surface area contributed by atoms with Crippen LogP contribution in [0, 0.1) is 18.3 Å². The zero-order valence-electron chi connectivity index (χ0n) is 13.0. The summed E-state index contributed by atoms with van der Waals surface area (Å²) in [6.07, 6.45) is 1.84. The van der Waals surface area contributed by atoms with E-state index in [1.54, 1.807) is 0 Å². The lowest BCUT2D eigenvalue weighted by molar-refractivity contribution is 0.461. The van der Waals surface area contributed by atoms with Crippen LogP contribution < -0.4 is 5.32 Å². The minimum absolute atomic E-state index is 0.122. The van der Waals surface area contributed by atoms with Crippen LogP contribution in [0.4, 0.5) is 0 Å². The van der Waals surface area contributed by atoms with Crippen molar-refractivity contribution in [1.29, 1.82) is 5.26 Å². The van der Waals surface area contributed by atoms with E-state index in [1.807, 2.05) is 31.3 Å². The predicted molar refractivity (Wildman–Crippen MR) is 81.6 cm³/mol. The van der Waals surface area contributed by atoms with Gasteiger partial charge < -0.3 is 9.73 Å². The number of aryl methyl sites for hydroxylation is 1. The maximum absolute atomic E-state index is 9.29. The van der Waals surface area contributed by atoms with Gasteiger partial charge in [-0.25, -0.2) is 0 Å². The zero-order chi connectivity index (χ0) is 15.5. The molecule has 0 aliphatic heterocycles. The number of rotatable bonds is 4. The fraction of sp³-hybridized carbons (Fsp3) is 0.412. The summed E-state index contributed by atoms with van der Waals surface area (Å²) in [5.74, 6) is 1.82. The first-order valence-electron chi connectivity index (χ1n) is 7.05. The minimum Gasteiger partial charge on any atom is -0.465 e. The second kappa shape index (κ2) is 6.11. The van der Waals surface area contributed by atoms with Crippen LogP contribution in [0.1, 0.15) is 49.1 Å². The van der Waals surface area contributed by atoms with Crippen LogP contribution in [-0.4, -0.2) is 4.98 Å². The molecule has 0 unspecified atom stereocenters. The van der Waals surface area contributed by atoms with E-state index in [4.69, 9.17) is 4.42 Å². The molecule has 4 nitrogen and oxygen atoms in total. The Morgan fingerprint density at radius 2 is 2.05 bits per heavy atom. The molecule has 2 heterocycles. The van der Waals surface area contributed by atoms with Crippen molar-refractivity contribution in [2.45, 2.75) is 46.2 Å². The van der Waals surface area contributed by atoms with Crippen LogP contribution in [0.2, 0.25) is 0 Å². The van der Waals surface area contributed by atoms with Crippen molar-refractivity contribution >= 4 is 0 Å². The highest BCUT2D eigenvalue weighted by molar-refractivity contribution is 5.39. The molecule has 0 saturated heterocycles. The first-order chi connectivity index (χ1) is 9.90. The number of furan rings is 1. The van der Waals surface area contributed by atoms with Crippen molar-refractivity contribution in [3.8, 4) is 6.07 Å². The second-order valence-corrected chi connectivity index (χ2v) is 6.22. The number of nitrogens with zero attached hydrogens (tertiary/aromatic N) is 2. The number of hydrogen-bond acceptors (Lipinski definition) is 4. The van der Waals surface area contributed by atoms with Crippen molar-refractivity contribution in [2.75, 3.05) is 0 Å². The molecule has 0 aliphatic rings. The van der Waals surface area contributed by atoms with Gasteiger partial charge in [-0.05, 0) is 30.7 Å². The highest BCUT2D eigenvalue weighted by atomic mass is 16.3. The molecule has 0 aliphatic carbocycles. The number of pyridine rings is 1. The minimum atomic E-state index is -0.122. The fourth-order valence-electron chi connectivity index (χ4n) is 2.20. The van der Waals surface area contributed by atoms with Gasteiger partial charge in [0, 0.05) is 18.2 Å². The molecule has 0 atom stereocenters. The van der Waals surface area contributed by atoms with Crippen LogP contribution in [0.3, 0.4) is 0 Å². The van der Waals surface area contributed by atoms with E-state index in [0.29, 0.717) is 18.7 Å². The van der Waals surface area contributed by atoms with E-state index in [-0.39, 0.29) is 5.41 Å². The van der Waals surface area contributed by atoms with Crippen LogP contribution in [0.15, 0.2) is 28.8 Å². The molecule has 2 aromatic heterocycles. The zero-order valence-corrected chi connectivity index (χ0v) is 13.0. The largest absolute Gasteiger partial charge is 0.465 e. The summed E-state index contributed by atoms with van der Waals surface area (Å²) in [7, 11) is 0. The highest BCUT2D eigenvalue weighted by Crippen LogP contribution is 2.23. The van der Waals surface area contributed by atoms with E-state index in [2.05, 4.69) is 37.1 Å². The van der Waals surface area contributed by atoms with Crippen molar-refractivity contribution in [3.05, 3.63) is 52.7 Å². The van der Waals surface area contributed by atoms with Gasteiger partial charge in [-0.15, -0.1) is 0 Å². The molecule has 0 saturated carbocycles. The summed E-state index contributed by atoms with van der Waals surface area (Å²) in [6.45, 7) is 9.44. The van der Waals surface area contributed by atoms with Crippen molar-refractivity contribution in [1.82, 2.24) is 10.3 Å². The Bertz CT molecular complexity index is 659. The standard InChI is InChI=1S/C17H21N3O/c1-12-5-6-15(21-12)11-19-9-13-7-14(8-18)16(20-10-13)17(2,3)4/h5-7,10,19H,9,11H2,1-4H3. The summed E-state index contributed by atoms with van der Waals surface area (Å²) in [6, 6.07) is 8.07. The molecule has 0 amide bonds. The lowest BCUT2D eigenvalue weighted by Crippen LogP contribution is -2.17. The summed E-state index contributed by atoms with van der Waals surface area (Å²) in [5.41, 5.74) is 2.37. The van der Waals surface area contributed by atoms with Crippen LogP contribution in [0.5, 0.6) is 0 Å². The summed E-state index contributed by atoms with van der Waals surface area (Å²) in [4.78, 5) is 4.46. The average Bonchev–Trinajstić information content (AvgIpc) is 2.83. The monoisotopic (exact) mass is 283 g/mol. The molecular weight excluding hydrogens is 262 g/mol. The number of nitriles is 1. The first-order valence-corrected chi connectivity index (χ1v) is 7.05. The molecule has 2 rings (SSSR count). The second-order valence-electron chi connectivity index (χ2n) is 6.22. The number of aromatic nitrogens is 1. The van der Waals surface area contributed by atoms with Gasteiger partial charge in [0.05, 0.1) is 17.8 Å². The molecule has 21 heavy (non-hydrogen) atoms. The average molecular weight is 283 g/mol. The van der Waals surface area contributed by atoms with Gasteiger partial charge in [0.1, 0.15) is 17.6 Å². The smallest absolute Gasteiger partial charge is 0.117 e. The van der Waals surface area contributed by atoms with Gasteiger partial charge in [0.15, 0.2) is 0 Å². The Morgan fingerprint density at radius 1 is 1.29 bits per heavy atom. The summed E-state index contributed by atoms with van der Waals surface area (Å²) < 4.78 is 5.50. The van der Waals surface area contributed by atoms with E-state index in [9.17, 15) is 5.26 Å². The van der Waals surface area contributed by atoms with E-state index in [1.165, 1.54) is 0 Å². The predicted octanol–water partition coefficient (Wildman–Crippen LogP) is 3.44. The van der Waals surface area contributed by atoms with Crippen LogP contribution >= 0.6 is 0 Å². The van der Waals surface area contributed by atoms with Gasteiger partial charge in [-0.1, -0.05) is 20.8 Å². The van der Waals surface area contributed by atoms with Gasteiger partial charge in [-0.2, -0.15) is 5.26 Å². The number of nitrogens with one attached hydrogen (secondary N) is 1.